The summed E-state index contributed by atoms with van der Waals surface area (Å²) in [5, 5.41) is 16.5. The number of carboxylic acid groups (broad SMARTS) is 2. The zero-order valence-corrected chi connectivity index (χ0v) is 33.4. The third-order valence-electron chi connectivity index (χ3n) is 7.36. The minimum atomic E-state index is -1.11. The van der Waals surface area contributed by atoms with Gasteiger partial charge in [-0.2, -0.15) is 0 Å². The number of rotatable bonds is 29. The van der Waals surface area contributed by atoms with Crippen molar-refractivity contribution in [3.8, 4) is 0 Å². The summed E-state index contributed by atoms with van der Waals surface area (Å²) in [6.45, 7) is 5.08. The molecule has 1 radical (unpaired) electrons. The minimum absolute atomic E-state index is 0. The first-order chi connectivity index (χ1) is 22.8. The van der Waals surface area contributed by atoms with Crippen molar-refractivity contribution >= 4 is 59.2 Å². The second-order valence-electron chi connectivity index (χ2n) is 12.3. The second-order valence-corrected chi connectivity index (χ2v) is 12.3. The zero-order valence-electron chi connectivity index (χ0n) is 31.4. The van der Waals surface area contributed by atoms with Crippen molar-refractivity contribution in [2.75, 3.05) is 6.54 Å². The Morgan fingerprint density at radius 3 is 1.00 bits per heavy atom. The molecule has 0 unspecified atom stereocenters. The van der Waals surface area contributed by atoms with Gasteiger partial charge in [0.25, 0.3) is 0 Å². The monoisotopic (exact) mass is 714 g/mol. The molecule has 0 saturated heterocycles. The first-order valence-corrected chi connectivity index (χ1v) is 18.3. The Kier molecular flexibility index (Phi) is 53.4. The minimum Gasteiger partial charge on any atom is -0.480 e. The van der Waals surface area contributed by atoms with E-state index in [-0.39, 0.29) is 54.2 Å². The van der Waals surface area contributed by atoms with Gasteiger partial charge >= 0.3 is 11.9 Å². The van der Waals surface area contributed by atoms with Crippen molar-refractivity contribution in [2.45, 2.75) is 186 Å². The fraction of sp³-hybridized carbons (Fsp3) is 0.857. The van der Waals surface area contributed by atoms with Crippen molar-refractivity contribution in [2.24, 2.45) is 34.4 Å². The Balaban J connectivity index is -0.000000177. The van der Waals surface area contributed by atoms with Gasteiger partial charge in [0.15, 0.2) is 0 Å². The average molecular weight is 714 g/mol. The summed E-state index contributed by atoms with van der Waals surface area (Å²) < 4.78 is 0. The molecule has 0 aromatic heterocycles. The first-order valence-electron chi connectivity index (χ1n) is 18.3. The van der Waals surface area contributed by atoms with E-state index >= 15 is 0 Å². The summed E-state index contributed by atoms with van der Waals surface area (Å²) in [6, 6.07) is -1.70. The molecule has 0 aliphatic heterocycles. The number of primary amides is 3. The van der Waals surface area contributed by atoms with E-state index in [0.29, 0.717) is 25.8 Å². The van der Waals surface area contributed by atoms with Crippen LogP contribution in [0, 0.1) is 0 Å². The smallest absolute Gasteiger partial charge is 0.320 e. The Hall–Kier alpha value is -1.77. The van der Waals surface area contributed by atoms with Crippen molar-refractivity contribution < 1.29 is 34.2 Å². The number of carbonyl (C=O) groups is 5. The molecule has 0 aromatic rings. The molecule has 0 rings (SSSR count). The SMILES string of the molecule is CCCCCCCCCCCC(N)=O.CCCCCCCCCCCC(N)=O.NC(=O)CC[C@H](N)C(=O)O.NCCCC[C@H](N)C(=O)O.[Na]. The maximum Gasteiger partial charge on any atom is 0.320 e. The number of carboxylic acids is 2. The van der Waals surface area contributed by atoms with Gasteiger partial charge in [0, 0.05) is 48.8 Å². The molecule has 0 fully saturated rings. The predicted octanol–water partition coefficient (Wildman–Crippen LogP) is 4.60. The summed E-state index contributed by atoms with van der Waals surface area (Å²) in [5.41, 5.74) is 30.3. The van der Waals surface area contributed by atoms with Gasteiger partial charge in [-0.05, 0) is 38.6 Å². The van der Waals surface area contributed by atoms with E-state index in [4.69, 9.17) is 44.6 Å². The van der Waals surface area contributed by atoms with Crippen LogP contribution >= 0.6 is 0 Å². The molecule has 0 bridgehead atoms. The molecule has 287 valence electrons. The van der Waals surface area contributed by atoms with Crippen LogP contribution in [-0.2, 0) is 24.0 Å². The van der Waals surface area contributed by atoms with Gasteiger partial charge in [-0.1, -0.05) is 123 Å². The van der Waals surface area contributed by atoms with Gasteiger partial charge in [0.1, 0.15) is 12.1 Å². The van der Waals surface area contributed by atoms with Crippen molar-refractivity contribution in [3.63, 3.8) is 0 Å². The first kappa shape index (κ1) is 56.6. The second kappa shape index (κ2) is 46.2. The molecule has 3 amide bonds. The fourth-order valence-corrected chi connectivity index (χ4v) is 4.27. The van der Waals surface area contributed by atoms with Gasteiger partial charge in [0.05, 0.1) is 0 Å². The van der Waals surface area contributed by atoms with Crippen LogP contribution < -0.4 is 34.4 Å². The normalized spacial score (nSPS) is 11.1. The van der Waals surface area contributed by atoms with Crippen LogP contribution in [-0.4, -0.2) is 88.1 Å². The van der Waals surface area contributed by atoms with Gasteiger partial charge < -0.3 is 44.6 Å². The average Bonchev–Trinajstić information content (AvgIpc) is 3.02. The molecule has 0 spiro atoms. The zero-order chi connectivity index (χ0) is 37.4. The van der Waals surface area contributed by atoms with Crippen LogP contribution in [0.5, 0.6) is 0 Å². The molecule has 0 heterocycles. The van der Waals surface area contributed by atoms with E-state index in [2.05, 4.69) is 13.8 Å². The van der Waals surface area contributed by atoms with E-state index < -0.39 is 29.9 Å². The number of hydrogen-bond donors (Lipinski definition) is 8. The van der Waals surface area contributed by atoms with Crippen LogP contribution in [0.4, 0.5) is 0 Å². The number of nitrogens with two attached hydrogens (primary N) is 6. The molecule has 13 nitrogen and oxygen atoms in total. The van der Waals surface area contributed by atoms with Crippen molar-refractivity contribution in [1.82, 2.24) is 0 Å². The van der Waals surface area contributed by atoms with E-state index in [1.807, 2.05) is 0 Å². The van der Waals surface area contributed by atoms with Gasteiger partial charge in [-0.25, -0.2) is 0 Å². The molecule has 0 aliphatic carbocycles. The summed E-state index contributed by atoms with van der Waals surface area (Å²) in [5.74, 6) is -2.89. The molecular weight excluding hydrogens is 639 g/mol. The Bertz CT molecular complexity index is 747. The molecule has 0 aliphatic rings. The van der Waals surface area contributed by atoms with E-state index in [9.17, 15) is 24.0 Å². The van der Waals surface area contributed by atoms with E-state index in [0.717, 1.165) is 38.5 Å². The fourth-order valence-electron chi connectivity index (χ4n) is 4.27. The molecule has 14 heteroatoms. The van der Waals surface area contributed by atoms with Crippen LogP contribution in [0.15, 0.2) is 0 Å². The summed E-state index contributed by atoms with van der Waals surface area (Å²) in [4.78, 5) is 51.1. The summed E-state index contributed by atoms with van der Waals surface area (Å²) in [7, 11) is 0. The molecular formula is C35H74N6NaO7. The van der Waals surface area contributed by atoms with Crippen molar-refractivity contribution in [1.29, 1.82) is 0 Å². The molecule has 14 N–H and O–H groups in total. The van der Waals surface area contributed by atoms with Crippen molar-refractivity contribution in [3.05, 3.63) is 0 Å². The third-order valence-corrected chi connectivity index (χ3v) is 7.36. The largest absolute Gasteiger partial charge is 0.480 e. The molecule has 2 atom stereocenters. The molecule has 0 aromatic carbocycles. The van der Waals surface area contributed by atoms with Gasteiger partial charge in [-0.15, -0.1) is 0 Å². The van der Waals surface area contributed by atoms with Crippen LogP contribution in [0.2, 0.25) is 0 Å². The molecule has 49 heavy (non-hydrogen) atoms. The number of aliphatic carboxylic acids is 2. The van der Waals surface area contributed by atoms with E-state index in [1.54, 1.807) is 0 Å². The van der Waals surface area contributed by atoms with E-state index in [1.165, 1.54) is 89.9 Å². The van der Waals surface area contributed by atoms with Gasteiger partial charge in [-0.3, -0.25) is 24.0 Å². The summed E-state index contributed by atoms with van der Waals surface area (Å²) >= 11 is 0. The maximum absolute atomic E-state index is 10.4. The summed E-state index contributed by atoms with van der Waals surface area (Å²) in [6.07, 6.45) is 26.5. The quantitative estimate of drug-likeness (QED) is 0.0394. The topological polar surface area (TPSA) is 282 Å². The predicted molar refractivity (Wildman–Crippen MR) is 200 cm³/mol. The Labute approximate surface area is 319 Å². The maximum atomic E-state index is 10.4. The number of carbonyl (C=O) groups excluding carboxylic acids is 3. The number of unbranched alkanes of at least 4 members (excludes halogenated alkanes) is 17. The van der Waals surface area contributed by atoms with Gasteiger partial charge in [0.2, 0.25) is 17.7 Å². The standard InChI is InChI=1S/2C12H25NO.C6H14N2O2.C5H10N2O3.Na/c2*1-2-3-4-5-6-7-8-9-10-11-12(13)14;7-4-2-1-3-5(8)6(9)10;6-3(5(9)10)1-2-4(7)8;/h2*2-11H2,1H3,(H2,13,14);5H,1-4,7-8H2,(H,9,10);3H,1-2,6H2,(H2,7,8)(H,9,10);/t;;5-;3-;/m..00./s1. The number of amides is 3. The van der Waals surface area contributed by atoms with Crippen LogP contribution in [0.3, 0.4) is 0 Å². The Morgan fingerprint density at radius 2 is 0.735 bits per heavy atom. The van der Waals surface area contributed by atoms with Crippen LogP contribution in [0.25, 0.3) is 0 Å². The number of hydrogen-bond acceptors (Lipinski definition) is 8. The Morgan fingerprint density at radius 1 is 0.449 bits per heavy atom. The molecule has 0 saturated carbocycles. The van der Waals surface area contributed by atoms with Crippen LogP contribution in [0.1, 0.15) is 174 Å². The third kappa shape index (κ3) is 61.9.